The molecule has 3 heteroatoms. The van der Waals surface area contributed by atoms with E-state index in [1.54, 1.807) is 12.1 Å². The lowest BCUT2D eigenvalue weighted by molar-refractivity contribution is 0.602. The molecular weight excluding hydrogens is 166 g/mol. The van der Waals surface area contributed by atoms with Crippen LogP contribution in [0.4, 0.5) is 0 Å². The molecule has 0 radical (unpaired) electrons. The number of fused-ring (bicyclic) bond motifs is 1. The third-order valence-electron chi connectivity index (χ3n) is 1.79. The van der Waals surface area contributed by atoms with Crippen molar-refractivity contribution in [3.8, 4) is 6.07 Å². The van der Waals surface area contributed by atoms with Gasteiger partial charge in [-0.05, 0) is 18.2 Å². The van der Waals surface area contributed by atoms with Crippen LogP contribution in [0.25, 0.3) is 11.0 Å². The average molecular weight is 171 g/mol. The van der Waals surface area contributed by atoms with Crippen LogP contribution >= 0.6 is 0 Å². The van der Waals surface area contributed by atoms with Crippen LogP contribution in [0, 0.1) is 11.3 Å². The van der Waals surface area contributed by atoms with E-state index in [0.717, 1.165) is 0 Å². The molecule has 0 saturated heterocycles. The fourth-order valence-electron chi connectivity index (χ4n) is 1.15. The van der Waals surface area contributed by atoms with Crippen LogP contribution < -0.4 is 5.43 Å². The number of nitriles is 1. The first-order chi connectivity index (χ1) is 6.31. The van der Waals surface area contributed by atoms with E-state index in [0.29, 0.717) is 16.5 Å². The summed E-state index contributed by atoms with van der Waals surface area (Å²) in [6, 6.07) is 8.07. The molecule has 13 heavy (non-hydrogen) atoms. The minimum atomic E-state index is -0.127. The van der Waals surface area contributed by atoms with Crippen LogP contribution in [0.5, 0.6) is 0 Å². The second kappa shape index (κ2) is 2.76. The number of benzene rings is 1. The lowest BCUT2D eigenvalue weighted by atomic mass is 10.1. The van der Waals surface area contributed by atoms with E-state index in [1.807, 2.05) is 6.07 Å². The molecule has 1 aromatic carbocycles. The molecule has 0 saturated carbocycles. The summed E-state index contributed by atoms with van der Waals surface area (Å²) in [5, 5.41) is 9.05. The van der Waals surface area contributed by atoms with Crippen molar-refractivity contribution in [1.29, 1.82) is 5.26 Å². The molecule has 3 nitrogen and oxygen atoms in total. The molecule has 62 valence electrons. The summed E-state index contributed by atoms with van der Waals surface area (Å²) in [7, 11) is 0. The van der Waals surface area contributed by atoms with Gasteiger partial charge in [0.1, 0.15) is 5.58 Å². The van der Waals surface area contributed by atoms with Crippen molar-refractivity contribution in [2.75, 3.05) is 0 Å². The first-order valence-electron chi connectivity index (χ1n) is 3.73. The van der Waals surface area contributed by atoms with Crippen LogP contribution in [0.2, 0.25) is 0 Å². The van der Waals surface area contributed by atoms with Crippen molar-refractivity contribution < 1.29 is 4.42 Å². The van der Waals surface area contributed by atoms with Crippen LogP contribution in [-0.4, -0.2) is 0 Å². The van der Waals surface area contributed by atoms with Crippen LogP contribution in [-0.2, 0) is 0 Å². The zero-order valence-electron chi connectivity index (χ0n) is 6.65. The Bertz CT molecular complexity index is 549. The van der Waals surface area contributed by atoms with E-state index >= 15 is 0 Å². The van der Waals surface area contributed by atoms with Crippen molar-refractivity contribution in [2.45, 2.75) is 0 Å². The van der Waals surface area contributed by atoms with Gasteiger partial charge in [0.2, 0.25) is 0 Å². The first-order valence-corrected chi connectivity index (χ1v) is 3.73. The second-order valence-corrected chi connectivity index (χ2v) is 2.61. The number of hydrogen-bond donors (Lipinski definition) is 0. The van der Waals surface area contributed by atoms with Crippen molar-refractivity contribution in [1.82, 2.24) is 0 Å². The normalized spacial score (nSPS) is 9.77. The van der Waals surface area contributed by atoms with Gasteiger partial charge < -0.3 is 4.42 Å². The second-order valence-electron chi connectivity index (χ2n) is 2.61. The highest BCUT2D eigenvalue weighted by Gasteiger charge is 2.00. The van der Waals surface area contributed by atoms with E-state index in [9.17, 15) is 4.79 Å². The quantitative estimate of drug-likeness (QED) is 0.605. The standard InChI is InChI=1S/C10H5NO2/c11-6-7-1-2-10-8(5-7)9(12)3-4-13-10/h1-5H. The van der Waals surface area contributed by atoms with Gasteiger partial charge >= 0.3 is 0 Å². The molecule has 0 bridgehead atoms. The Morgan fingerprint density at radius 2 is 2.15 bits per heavy atom. The maximum absolute atomic E-state index is 11.3. The highest BCUT2D eigenvalue weighted by Crippen LogP contribution is 2.10. The molecule has 1 aromatic heterocycles. The van der Waals surface area contributed by atoms with Gasteiger partial charge in [0.05, 0.1) is 23.3 Å². The molecule has 0 atom stereocenters. The van der Waals surface area contributed by atoms with E-state index in [2.05, 4.69) is 0 Å². The molecular formula is C10H5NO2. The highest BCUT2D eigenvalue weighted by molar-refractivity contribution is 5.77. The summed E-state index contributed by atoms with van der Waals surface area (Å²) in [6.45, 7) is 0. The molecule has 0 unspecified atom stereocenters. The SMILES string of the molecule is N#Cc1ccc2occc(=O)c2c1. The Morgan fingerprint density at radius 3 is 2.92 bits per heavy atom. The Morgan fingerprint density at radius 1 is 1.31 bits per heavy atom. The monoisotopic (exact) mass is 171 g/mol. The Labute approximate surface area is 73.8 Å². The molecule has 2 aromatic rings. The van der Waals surface area contributed by atoms with Crippen molar-refractivity contribution in [3.63, 3.8) is 0 Å². The first kappa shape index (κ1) is 7.56. The number of rotatable bonds is 0. The van der Waals surface area contributed by atoms with Gasteiger partial charge in [-0.15, -0.1) is 0 Å². The predicted molar refractivity (Wildman–Crippen MR) is 47.2 cm³/mol. The summed E-state index contributed by atoms with van der Waals surface area (Å²) in [5.41, 5.74) is 0.843. The third kappa shape index (κ3) is 1.18. The van der Waals surface area contributed by atoms with E-state index in [4.69, 9.17) is 9.68 Å². The molecule has 0 aliphatic rings. The average Bonchev–Trinajstić information content (AvgIpc) is 2.18. The molecule has 0 fully saturated rings. The molecule has 2 rings (SSSR count). The largest absolute Gasteiger partial charge is 0.464 e. The Hall–Kier alpha value is -2.08. The molecule has 0 N–H and O–H groups in total. The van der Waals surface area contributed by atoms with E-state index < -0.39 is 0 Å². The maximum Gasteiger partial charge on any atom is 0.192 e. The molecule has 0 aliphatic heterocycles. The minimum Gasteiger partial charge on any atom is -0.464 e. The van der Waals surface area contributed by atoms with Gasteiger partial charge in [-0.1, -0.05) is 0 Å². The number of hydrogen-bond acceptors (Lipinski definition) is 3. The van der Waals surface area contributed by atoms with E-state index in [1.165, 1.54) is 18.4 Å². The van der Waals surface area contributed by atoms with Gasteiger partial charge in [0, 0.05) is 6.07 Å². The molecule has 1 heterocycles. The van der Waals surface area contributed by atoms with Gasteiger partial charge in [0.25, 0.3) is 0 Å². The minimum absolute atomic E-state index is 0.127. The Kier molecular flexibility index (Phi) is 1.60. The molecule has 0 spiro atoms. The summed E-state index contributed by atoms with van der Waals surface area (Å²) >= 11 is 0. The zero-order valence-corrected chi connectivity index (χ0v) is 6.65. The summed E-state index contributed by atoms with van der Waals surface area (Å²) in [6.07, 6.45) is 1.34. The highest BCUT2D eigenvalue weighted by atomic mass is 16.3. The molecule has 0 aliphatic carbocycles. The van der Waals surface area contributed by atoms with Gasteiger partial charge in [-0.2, -0.15) is 5.26 Å². The lowest BCUT2D eigenvalue weighted by Gasteiger charge is -1.94. The fourth-order valence-corrected chi connectivity index (χ4v) is 1.15. The predicted octanol–water partition coefficient (Wildman–Crippen LogP) is 1.66. The summed E-state index contributed by atoms with van der Waals surface area (Å²) < 4.78 is 5.08. The molecule has 0 amide bonds. The van der Waals surface area contributed by atoms with Crippen molar-refractivity contribution in [2.24, 2.45) is 0 Å². The lowest BCUT2D eigenvalue weighted by Crippen LogP contribution is -1.97. The van der Waals surface area contributed by atoms with Crippen LogP contribution in [0.15, 0.2) is 39.7 Å². The smallest absolute Gasteiger partial charge is 0.192 e. The van der Waals surface area contributed by atoms with Crippen molar-refractivity contribution in [3.05, 3.63) is 46.3 Å². The van der Waals surface area contributed by atoms with Gasteiger partial charge in [-0.3, -0.25) is 4.79 Å². The number of nitrogens with zero attached hydrogens (tertiary/aromatic N) is 1. The van der Waals surface area contributed by atoms with Crippen molar-refractivity contribution >= 4 is 11.0 Å². The maximum atomic E-state index is 11.3. The summed E-state index contributed by atoms with van der Waals surface area (Å²) in [4.78, 5) is 11.3. The summed E-state index contributed by atoms with van der Waals surface area (Å²) in [5.74, 6) is 0. The van der Waals surface area contributed by atoms with Crippen LogP contribution in [0.1, 0.15) is 5.56 Å². The van der Waals surface area contributed by atoms with Gasteiger partial charge in [-0.25, -0.2) is 0 Å². The van der Waals surface area contributed by atoms with Gasteiger partial charge in [0.15, 0.2) is 5.43 Å². The zero-order chi connectivity index (χ0) is 9.26. The third-order valence-corrected chi connectivity index (χ3v) is 1.79. The fraction of sp³-hybridized carbons (Fsp3) is 0. The topological polar surface area (TPSA) is 54.0 Å². The van der Waals surface area contributed by atoms with Crippen LogP contribution in [0.3, 0.4) is 0 Å². The Balaban J connectivity index is 2.92. The van der Waals surface area contributed by atoms with E-state index in [-0.39, 0.29) is 5.43 Å².